The molecule has 2 atom stereocenters. The Morgan fingerprint density at radius 3 is 2.50 bits per heavy atom. The molecule has 1 heterocycles. The SMILES string of the molecule is CC[SiH](CC)C1CNc2c(C)cc(C)cc2C1C. The summed E-state index contributed by atoms with van der Waals surface area (Å²) in [6.07, 6.45) is 0. The van der Waals surface area contributed by atoms with E-state index in [1.807, 2.05) is 0 Å². The molecule has 0 aliphatic carbocycles. The fraction of sp³-hybridized carbons (Fsp3) is 0.625. The van der Waals surface area contributed by atoms with Gasteiger partial charge in [0.05, 0.1) is 0 Å². The first-order chi connectivity index (χ1) is 8.58. The summed E-state index contributed by atoms with van der Waals surface area (Å²) < 4.78 is 0. The number of benzene rings is 1. The predicted octanol–water partition coefficient (Wildman–Crippen LogP) is 4.47. The van der Waals surface area contributed by atoms with E-state index in [0.717, 1.165) is 11.5 Å². The van der Waals surface area contributed by atoms with Crippen LogP contribution in [0.5, 0.6) is 0 Å². The average molecular weight is 261 g/mol. The molecule has 100 valence electrons. The highest BCUT2D eigenvalue weighted by atomic mass is 28.3. The van der Waals surface area contributed by atoms with Crippen molar-refractivity contribution in [3.63, 3.8) is 0 Å². The third-order valence-corrected chi connectivity index (χ3v) is 8.93. The minimum absolute atomic E-state index is 0.584. The minimum Gasteiger partial charge on any atom is -0.385 e. The number of hydrogen-bond donors (Lipinski definition) is 1. The Morgan fingerprint density at radius 2 is 1.89 bits per heavy atom. The fourth-order valence-corrected chi connectivity index (χ4v) is 6.96. The summed E-state index contributed by atoms with van der Waals surface area (Å²) in [6, 6.07) is 7.58. The van der Waals surface area contributed by atoms with Gasteiger partial charge < -0.3 is 5.32 Å². The molecular formula is C16H27NSi. The number of nitrogens with one attached hydrogen (secondary N) is 1. The van der Waals surface area contributed by atoms with Gasteiger partial charge in [-0.15, -0.1) is 0 Å². The van der Waals surface area contributed by atoms with E-state index in [0.29, 0.717) is 0 Å². The largest absolute Gasteiger partial charge is 0.385 e. The fourth-order valence-electron chi connectivity index (χ4n) is 3.70. The van der Waals surface area contributed by atoms with Crippen LogP contribution in [0.3, 0.4) is 0 Å². The third kappa shape index (κ3) is 2.35. The van der Waals surface area contributed by atoms with E-state index in [2.05, 4.69) is 52.1 Å². The molecule has 2 unspecified atom stereocenters. The molecule has 0 amide bonds. The molecular weight excluding hydrogens is 234 g/mol. The van der Waals surface area contributed by atoms with E-state index in [-0.39, 0.29) is 0 Å². The van der Waals surface area contributed by atoms with Crippen molar-refractivity contribution >= 4 is 14.5 Å². The van der Waals surface area contributed by atoms with Crippen molar-refractivity contribution in [3.8, 4) is 0 Å². The van der Waals surface area contributed by atoms with Crippen LogP contribution in [-0.4, -0.2) is 15.3 Å². The predicted molar refractivity (Wildman–Crippen MR) is 84.7 cm³/mol. The molecule has 2 heteroatoms. The van der Waals surface area contributed by atoms with E-state index in [9.17, 15) is 0 Å². The molecule has 1 N–H and O–H groups in total. The molecule has 0 fully saturated rings. The Kier molecular flexibility index (Phi) is 4.16. The maximum atomic E-state index is 3.72. The first kappa shape index (κ1) is 13.7. The normalized spacial score (nSPS) is 22.8. The minimum atomic E-state index is -0.584. The van der Waals surface area contributed by atoms with Crippen molar-refractivity contribution in [1.82, 2.24) is 0 Å². The second kappa shape index (κ2) is 5.48. The Balaban J connectivity index is 2.35. The Hall–Kier alpha value is -0.763. The third-order valence-electron chi connectivity index (χ3n) is 4.81. The number of aryl methyl sites for hydroxylation is 2. The van der Waals surface area contributed by atoms with Gasteiger partial charge in [-0.1, -0.05) is 50.6 Å². The number of anilines is 1. The first-order valence-electron chi connectivity index (χ1n) is 7.43. The van der Waals surface area contributed by atoms with E-state index in [1.54, 1.807) is 5.56 Å². The molecule has 1 aliphatic rings. The molecule has 18 heavy (non-hydrogen) atoms. The molecule has 0 spiro atoms. The van der Waals surface area contributed by atoms with E-state index < -0.39 is 8.80 Å². The van der Waals surface area contributed by atoms with Gasteiger partial charge in [0.1, 0.15) is 0 Å². The van der Waals surface area contributed by atoms with Gasteiger partial charge in [0, 0.05) is 21.0 Å². The van der Waals surface area contributed by atoms with E-state index >= 15 is 0 Å². The van der Waals surface area contributed by atoms with Gasteiger partial charge in [-0.05, 0) is 36.4 Å². The Labute approximate surface area is 114 Å². The van der Waals surface area contributed by atoms with Crippen LogP contribution < -0.4 is 5.32 Å². The van der Waals surface area contributed by atoms with Gasteiger partial charge in [0.2, 0.25) is 0 Å². The van der Waals surface area contributed by atoms with Gasteiger partial charge in [-0.25, -0.2) is 0 Å². The molecule has 0 aromatic heterocycles. The van der Waals surface area contributed by atoms with Crippen molar-refractivity contribution in [2.24, 2.45) is 0 Å². The van der Waals surface area contributed by atoms with Crippen molar-refractivity contribution in [3.05, 3.63) is 28.8 Å². The lowest BCUT2D eigenvalue weighted by Crippen LogP contribution is -2.33. The van der Waals surface area contributed by atoms with Gasteiger partial charge in [-0.2, -0.15) is 0 Å². The van der Waals surface area contributed by atoms with Crippen molar-refractivity contribution < 1.29 is 0 Å². The smallest absolute Gasteiger partial charge is 0.0422 e. The molecule has 1 aliphatic heterocycles. The molecule has 1 aromatic rings. The van der Waals surface area contributed by atoms with Crippen LogP contribution in [0.4, 0.5) is 5.69 Å². The van der Waals surface area contributed by atoms with Crippen LogP contribution in [-0.2, 0) is 0 Å². The summed E-state index contributed by atoms with van der Waals surface area (Å²) >= 11 is 0. The van der Waals surface area contributed by atoms with Crippen molar-refractivity contribution in [2.45, 2.75) is 58.2 Å². The molecule has 0 radical (unpaired) electrons. The molecule has 2 rings (SSSR count). The zero-order valence-corrected chi connectivity index (χ0v) is 13.7. The topological polar surface area (TPSA) is 12.0 Å². The van der Waals surface area contributed by atoms with Crippen molar-refractivity contribution in [1.29, 1.82) is 0 Å². The molecule has 0 saturated heterocycles. The van der Waals surface area contributed by atoms with Crippen LogP contribution >= 0.6 is 0 Å². The Bertz CT molecular complexity index is 423. The highest BCUT2D eigenvalue weighted by molar-refractivity contribution is 6.60. The summed E-state index contributed by atoms with van der Waals surface area (Å²) in [5, 5.41) is 3.72. The van der Waals surface area contributed by atoms with Crippen LogP contribution in [0.15, 0.2) is 12.1 Å². The maximum Gasteiger partial charge on any atom is 0.0422 e. The van der Waals surface area contributed by atoms with Crippen LogP contribution in [0.2, 0.25) is 17.6 Å². The average Bonchev–Trinajstić information content (AvgIpc) is 2.34. The molecule has 1 aromatic carbocycles. The zero-order valence-electron chi connectivity index (χ0n) is 12.5. The van der Waals surface area contributed by atoms with Crippen LogP contribution in [0.1, 0.15) is 43.4 Å². The van der Waals surface area contributed by atoms with Crippen LogP contribution in [0, 0.1) is 13.8 Å². The number of rotatable bonds is 3. The van der Waals surface area contributed by atoms with E-state index in [4.69, 9.17) is 0 Å². The summed E-state index contributed by atoms with van der Waals surface area (Å²) in [5.74, 6) is 0.747. The monoisotopic (exact) mass is 261 g/mol. The summed E-state index contributed by atoms with van der Waals surface area (Å²) in [5.41, 5.74) is 6.74. The van der Waals surface area contributed by atoms with Gasteiger partial charge in [0.15, 0.2) is 0 Å². The lowest BCUT2D eigenvalue weighted by atomic mass is 9.89. The lowest BCUT2D eigenvalue weighted by Gasteiger charge is -2.37. The van der Waals surface area contributed by atoms with Crippen LogP contribution in [0.25, 0.3) is 0 Å². The van der Waals surface area contributed by atoms with E-state index in [1.165, 1.54) is 35.4 Å². The first-order valence-corrected chi connectivity index (χ1v) is 9.73. The molecule has 0 saturated carbocycles. The number of hydrogen-bond acceptors (Lipinski definition) is 1. The van der Waals surface area contributed by atoms with Gasteiger partial charge >= 0.3 is 0 Å². The highest BCUT2D eigenvalue weighted by Crippen LogP contribution is 2.42. The standard InChI is InChI=1S/C16H27NSi/c1-6-18(7-2)15-10-17-16-12(4)8-11(3)9-14(16)13(15)5/h8-9,13,15,17-18H,6-7,10H2,1-5H3. The summed E-state index contributed by atoms with van der Waals surface area (Å²) in [7, 11) is -0.584. The summed E-state index contributed by atoms with van der Waals surface area (Å²) in [4.78, 5) is 0. The maximum absolute atomic E-state index is 3.72. The quantitative estimate of drug-likeness (QED) is 0.792. The molecule has 1 nitrogen and oxygen atoms in total. The Morgan fingerprint density at radius 1 is 1.22 bits per heavy atom. The number of fused-ring (bicyclic) bond motifs is 1. The van der Waals surface area contributed by atoms with Crippen molar-refractivity contribution in [2.75, 3.05) is 11.9 Å². The van der Waals surface area contributed by atoms with Gasteiger partial charge in [-0.3, -0.25) is 0 Å². The second-order valence-electron chi connectivity index (χ2n) is 5.96. The molecule has 0 bridgehead atoms. The lowest BCUT2D eigenvalue weighted by molar-refractivity contribution is 0.661. The zero-order chi connectivity index (χ0) is 13.3. The van der Waals surface area contributed by atoms with Gasteiger partial charge in [0.25, 0.3) is 0 Å². The highest BCUT2D eigenvalue weighted by Gasteiger charge is 2.31. The summed E-state index contributed by atoms with van der Waals surface area (Å²) in [6.45, 7) is 12.9. The second-order valence-corrected chi connectivity index (χ2v) is 9.97.